The minimum absolute atomic E-state index is 0.0986. The highest BCUT2D eigenvalue weighted by Gasteiger charge is 2.32. The summed E-state index contributed by atoms with van der Waals surface area (Å²) in [5.74, 6) is 0. The second-order valence-corrected chi connectivity index (χ2v) is 6.85. The van der Waals surface area contributed by atoms with Crippen molar-refractivity contribution < 1.29 is 13.3 Å². The smallest absolute Gasteiger partial charge is 0.289 e. The van der Waals surface area contributed by atoms with Crippen molar-refractivity contribution in [3.05, 3.63) is 34.4 Å². The SMILES string of the molecule is NC1(CNS(=O)(=O)c2ccccc2[N+](=O)[O-])CCCC1. The van der Waals surface area contributed by atoms with Crippen molar-refractivity contribution in [2.45, 2.75) is 36.1 Å². The Balaban J connectivity index is 2.20. The average Bonchev–Trinajstić information content (AvgIpc) is 2.84. The van der Waals surface area contributed by atoms with Crippen LogP contribution in [0.1, 0.15) is 25.7 Å². The average molecular weight is 299 g/mol. The van der Waals surface area contributed by atoms with E-state index in [1.54, 1.807) is 0 Å². The Bertz CT molecular complexity index is 609. The molecule has 1 saturated carbocycles. The van der Waals surface area contributed by atoms with Crippen LogP contribution in [0.25, 0.3) is 0 Å². The van der Waals surface area contributed by atoms with Gasteiger partial charge in [-0.05, 0) is 18.9 Å². The number of hydrogen-bond acceptors (Lipinski definition) is 5. The Morgan fingerprint density at radius 3 is 2.50 bits per heavy atom. The third-order valence-electron chi connectivity index (χ3n) is 3.57. The quantitative estimate of drug-likeness (QED) is 0.625. The van der Waals surface area contributed by atoms with Gasteiger partial charge in [0.05, 0.1) is 4.92 Å². The Morgan fingerprint density at radius 1 is 1.30 bits per heavy atom. The summed E-state index contributed by atoms with van der Waals surface area (Å²) in [5, 5.41) is 10.9. The van der Waals surface area contributed by atoms with Crippen LogP contribution in [-0.2, 0) is 10.0 Å². The van der Waals surface area contributed by atoms with E-state index in [0.717, 1.165) is 25.7 Å². The molecular formula is C12H17N3O4S. The van der Waals surface area contributed by atoms with Crippen LogP contribution in [0.2, 0.25) is 0 Å². The van der Waals surface area contributed by atoms with Gasteiger partial charge < -0.3 is 5.73 Å². The summed E-state index contributed by atoms with van der Waals surface area (Å²) in [6.45, 7) is 0.0986. The third kappa shape index (κ3) is 3.14. The molecule has 1 aromatic rings. The number of nitrogens with one attached hydrogen (secondary N) is 1. The zero-order valence-electron chi connectivity index (χ0n) is 10.9. The van der Waals surface area contributed by atoms with Gasteiger partial charge in [0.15, 0.2) is 4.90 Å². The van der Waals surface area contributed by atoms with Crippen LogP contribution in [0.4, 0.5) is 5.69 Å². The topological polar surface area (TPSA) is 115 Å². The van der Waals surface area contributed by atoms with E-state index >= 15 is 0 Å². The largest absolute Gasteiger partial charge is 0.324 e. The molecule has 8 heteroatoms. The normalized spacial score (nSPS) is 18.1. The molecule has 0 unspecified atom stereocenters. The summed E-state index contributed by atoms with van der Waals surface area (Å²) in [7, 11) is -3.93. The van der Waals surface area contributed by atoms with Crippen molar-refractivity contribution in [1.29, 1.82) is 0 Å². The Kier molecular flexibility index (Phi) is 4.07. The van der Waals surface area contributed by atoms with Gasteiger partial charge in [-0.15, -0.1) is 0 Å². The molecule has 0 spiro atoms. The van der Waals surface area contributed by atoms with Gasteiger partial charge in [0, 0.05) is 18.2 Å². The Hall–Kier alpha value is -1.51. The lowest BCUT2D eigenvalue weighted by Gasteiger charge is -2.23. The third-order valence-corrected chi connectivity index (χ3v) is 5.01. The molecular weight excluding hydrogens is 282 g/mol. The van der Waals surface area contributed by atoms with Crippen molar-refractivity contribution in [2.24, 2.45) is 5.73 Å². The molecule has 7 nitrogen and oxygen atoms in total. The lowest BCUT2D eigenvalue weighted by atomic mass is 10.0. The molecule has 0 aliphatic heterocycles. The van der Waals surface area contributed by atoms with Crippen molar-refractivity contribution in [3.63, 3.8) is 0 Å². The lowest BCUT2D eigenvalue weighted by Crippen LogP contribution is -2.47. The summed E-state index contributed by atoms with van der Waals surface area (Å²) in [5.41, 5.74) is 5.10. The van der Waals surface area contributed by atoms with Crippen LogP contribution in [0.15, 0.2) is 29.2 Å². The van der Waals surface area contributed by atoms with Crippen LogP contribution in [0.5, 0.6) is 0 Å². The summed E-state index contributed by atoms with van der Waals surface area (Å²) < 4.78 is 26.8. The monoisotopic (exact) mass is 299 g/mol. The fourth-order valence-electron chi connectivity index (χ4n) is 2.41. The maximum atomic E-state index is 12.2. The van der Waals surface area contributed by atoms with Crippen LogP contribution >= 0.6 is 0 Å². The number of nitrogens with two attached hydrogens (primary N) is 1. The van der Waals surface area contributed by atoms with Gasteiger partial charge in [-0.2, -0.15) is 0 Å². The van der Waals surface area contributed by atoms with E-state index in [9.17, 15) is 18.5 Å². The van der Waals surface area contributed by atoms with Crippen LogP contribution in [0, 0.1) is 10.1 Å². The first-order valence-electron chi connectivity index (χ1n) is 6.36. The van der Waals surface area contributed by atoms with Gasteiger partial charge in [0.2, 0.25) is 10.0 Å². The second kappa shape index (κ2) is 5.47. The predicted molar refractivity (Wildman–Crippen MR) is 73.7 cm³/mol. The number of sulfonamides is 1. The van der Waals surface area contributed by atoms with Crippen LogP contribution < -0.4 is 10.5 Å². The second-order valence-electron chi connectivity index (χ2n) is 5.12. The van der Waals surface area contributed by atoms with Crippen molar-refractivity contribution in [1.82, 2.24) is 4.72 Å². The molecule has 0 radical (unpaired) electrons. The molecule has 0 aromatic heterocycles. The number of nitrogens with zero attached hydrogens (tertiary/aromatic N) is 1. The van der Waals surface area contributed by atoms with E-state index in [4.69, 9.17) is 5.73 Å². The highest BCUT2D eigenvalue weighted by atomic mass is 32.2. The number of benzene rings is 1. The summed E-state index contributed by atoms with van der Waals surface area (Å²) in [6, 6.07) is 5.27. The molecule has 2 rings (SSSR count). The molecule has 3 N–H and O–H groups in total. The number of rotatable bonds is 5. The Labute approximate surface area is 117 Å². The zero-order valence-corrected chi connectivity index (χ0v) is 11.7. The van der Waals surface area contributed by atoms with E-state index in [0.29, 0.717) is 0 Å². The zero-order chi connectivity index (χ0) is 14.8. The maximum Gasteiger partial charge on any atom is 0.289 e. The summed E-state index contributed by atoms with van der Waals surface area (Å²) in [4.78, 5) is 9.85. The van der Waals surface area contributed by atoms with Crippen molar-refractivity contribution >= 4 is 15.7 Å². The number of hydrogen-bond donors (Lipinski definition) is 2. The molecule has 0 saturated heterocycles. The highest BCUT2D eigenvalue weighted by molar-refractivity contribution is 7.89. The first-order valence-corrected chi connectivity index (χ1v) is 7.84. The summed E-state index contributed by atoms with van der Waals surface area (Å²) >= 11 is 0. The van der Waals surface area contributed by atoms with Crippen molar-refractivity contribution in [2.75, 3.05) is 6.54 Å². The molecule has 1 aromatic carbocycles. The molecule has 1 aliphatic carbocycles. The molecule has 0 heterocycles. The molecule has 20 heavy (non-hydrogen) atoms. The lowest BCUT2D eigenvalue weighted by molar-refractivity contribution is -0.387. The van der Waals surface area contributed by atoms with Gasteiger partial charge in [0.25, 0.3) is 5.69 Å². The highest BCUT2D eigenvalue weighted by Crippen LogP contribution is 2.28. The minimum Gasteiger partial charge on any atom is -0.324 e. The van der Waals surface area contributed by atoms with Gasteiger partial charge in [-0.3, -0.25) is 10.1 Å². The molecule has 110 valence electrons. The van der Waals surface area contributed by atoms with Gasteiger partial charge in [-0.1, -0.05) is 25.0 Å². The molecule has 0 amide bonds. The molecule has 0 bridgehead atoms. The number of para-hydroxylation sites is 1. The first-order chi connectivity index (χ1) is 9.34. The van der Waals surface area contributed by atoms with Crippen LogP contribution in [0.3, 0.4) is 0 Å². The minimum atomic E-state index is -3.93. The van der Waals surface area contributed by atoms with E-state index in [1.807, 2.05) is 0 Å². The fourth-order valence-corrected chi connectivity index (χ4v) is 3.72. The van der Waals surface area contributed by atoms with E-state index < -0.39 is 26.2 Å². The number of nitro benzene ring substituents is 1. The molecule has 1 aliphatic rings. The maximum absolute atomic E-state index is 12.2. The first kappa shape index (κ1) is 14.9. The number of nitro groups is 1. The van der Waals surface area contributed by atoms with Gasteiger partial charge >= 0.3 is 0 Å². The van der Waals surface area contributed by atoms with E-state index in [2.05, 4.69) is 4.72 Å². The van der Waals surface area contributed by atoms with Gasteiger partial charge in [0.1, 0.15) is 0 Å². The molecule has 0 atom stereocenters. The Morgan fingerprint density at radius 2 is 1.90 bits per heavy atom. The summed E-state index contributed by atoms with van der Waals surface area (Å²) in [6.07, 6.45) is 3.46. The molecule has 1 fully saturated rings. The fraction of sp³-hybridized carbons (Fsp3) is 0.500. The van der Waals surface area contributed by atoms with Crippen LogP contribution in [-0.4, -0.2) is 25.4 Å². The van der Waals surface area contributed by atoms with Gasteiger partial charge in [-0.25, -0.2) is 13.1 Å². The standard InChI is InChI=1S/C12H17N3O4S/c13-12(7-3-4-8-12)9-14-20(18,19)11-6-2-1-5-10(11)15(16)17/h1-2,5-6,14H,3-4,7-9,13H2. The predicted octanol–water partition coefficient (Wildman–Crippen LogP) is 1.14. The van der Waals surface area contributed by atoms with E-state index in [-0.39, 0.29) is 11.4 Å². The van der Waals surface area contributed by atoms with E-state index in [1.165, 1.54) is 24.3 Å². The van der Waals surface area contributed by atoms with Crippen molar-refractivity contribution in [3.8, 4) is 0 Å².